The minimum absolute atomic E-state index is 0.0197. The van der Waals surface area contributed by atoms with Crippen molar-refractivity contribution in [1.82, 2.24) is 0 Å². The lowest BCUT2D eigenvalue weighted by molar-refractivity contribution is 0.0636. The summed E-state index contributed by atoms with van der Waals surface area (Å²) in [6.07, 6.45) is 2.28. The molecule has 1 aromatic rings. The lowest BCUT2D eigenvalue weighted by Crippen LogP contribution is -2.27. The smallest absolute Gasteiger partial charge is 0.412 e. The average molecular weight is 312 g/mol. The average Bonchev–Trinajstić information content (AvgIpc) is 3.11. The zero-order valence-corrected chi connectivity index (χ0v) is 13.5. The third-order valence-electron chi connectivity index (χ3n) is 3.55. The number of benzene rings is 1. The SMILES string of the molecule is CC(C)(C)OC(=O)Nc1ccc(Cl)c(CC2(CO)CC2)c1. The highest BCUT2D eigenvalue weighted by Crippen LogP contribution is 2.48. The third-order valence-corrected chi connectivity index (χ3v) is 3.92. The number of hydrogen-bond acceptors (Lipinski definition) is 3. The fourth-order valence-electron chi connectivity index (χ4n) is 2.18. The Labute approximate surface area is 130 Å². The van der Waals surface area contributed by atoms with E-state index in [1.54, 1.807) is 12.1 Å². The minimum Gasteiger partial charge on any atom is -0.444 e. The largest absolute Gasteiger partial charge is 0.444 e. The van der Waals surface area contributed by atoms with E-state index >= 15 is 0 Å². The van der Waals surface area contributed by atoms with Crippen molar-refractivity contribution in [3.8, 4) is 0 Å². The summed E-state index contributed by atoms with van der Waals surface area (Å²) in [5.74, 6) is 0. The number of nitrogens with one attached hydrogen (secondary N) is 1. The van der Waals surface area contributed by atoms with Gasteiger partial charge in [0.25, 0.3) is 0 Å². The van der Waals surface area contributed by atoms with Crippen LogP contribution in [0.2, 0.25) is 5.02 Å². The molecule has 1 aliphatic rings. The van der Waals surface area contributed by atoms with E-state index in [1.165, 1.54) is 0 Å². The van der Waals surface area contributed by atoms with Crippen molar-refractivity contribution in [2.45, 2.75) is 45.6 Å². The number of aliphatic hydroxyl groups is 1. The summed E-state index contributed by atoms with van der Waals surface area (Å²) in [4.78, 5) is 11.8. The van der Waals surface area contributed by atoms with Crippen LogP contribution in [0.25, 0.3) is 0 Å². The highest BCUT2D eigenvalue weighted by molar-refractivity contribution is 6.31. The number of hydrogen-bond donors (Lipinski definition) is 2. The second-order valence-corrected chi connectivity index (χ2v) is 7.18. The summed E-state index contributed by atoms with van der Waals surface area (Å²) < 4.78 is 5.22. The van der Waals surface area contributed by atoms with Crippen molar-refractivity contribution >= 4 is 23.4 Å². The van der Waals surface area contributed by atoms with Gasteiger partial charge in [0.15, 0.2) is 0 Å². The van der Waals surface area contributed by atoms with E-state index in [9.17, 15) is 9.90 Å². The van der Waals surface area contributed by atoms with Crippen LogP contribution in [0.5, 0.6) is 0 Å². The van der Waals surface area contributed by atoms with Gasteiger partial charge in [0, 0.05) is 17.3 Å². The summed E-state index contributed by atoms with van der Waals surface area (Å²) in [5.41, 5.74) is 1.04. The molecule has 1 fully saturated rings. The zero-order valence-electron chi connectivity index (χ0n) is 12.7. The molecule has 0 atom stereocenters. The molecule has 1 aromatic carbocycles. The van der Waals surface area contributed by atoms with Crippen LogP contribution in [0.15, 0.2) is 18.2 Å². The van der Waals surface area contributed by atoms with Gasteiger partial charge in [-0.2, -0.15) is 0 Å². The topological polar surface area (TPSA) is 58.6 Å². The predicted molar refractivity (Wildman–Crippen MR) is 83.8 cm³/mol. The lowest BCUT2D eigenvalue weighted by Gasteiger charge is -2.20. The van der Waals surface area contributed by atoms with Gasteiger partial charge in [-0.15, -0.1) is 0 Å². The Morgan fingerprint density at radius 3 is 2.62 bits per heavy atom. The number of rotatable bonds is 4. The second-order valence-electron chi connectivity index (χ2n) is 6.77. The molecular formula is C16H22ClNO3. The molecule has 0 spiro atoms. The summed E-state index contributed by atoms with van der Waals surface area (Å²) >= 11 is 6.20. The first-order valence-electron chi connectivity index (χ1n) is 7.12. The Balaban J connectivity index is 2.06. The molecule has 5 heteroatoms. The van der Waals surface area contributed by atoms with Crippen LogP contribution >= 0.6 is 11.6 Å². The number of amides is 1. The standard InChI is InChI=1S/C16H22ClNO3/c1-15(2,3)21-14(20)18-12-4-5-13(17)11(8-12)9-16(10-19)6-7-16/h4-5,8,19H,6-7,9-10H2,1-3H3,(H,18,20). The number of halogens is 1. The highest BCUT2D eigenvalue weighted by atomic mass is 35.5. The van der Waals surface area contributed by atoms with Gasteiger partial charge in [-0.1, -0.05) is 11.6 Å². The molecule has 0 heterocycles. The summed E-state index contributed by atoms with van der Waals surface area (Å²) in [6.45, 7) is 5.63. The van der Waals surface area contributed by atoms with Gasteiger partial charge in [-0.3, -0.25) is 5.32 Å². The van der Waals surface area contributed by atoms with Crippen molar-refractivity contribution in [2.75, 3.05) is 11.9 Å². The van der Waals surface area contributed by atoms with Gasteiger partial charge in [0.1, 0.15) is 5.60 Å². The number of ether oxygens (including phenoxy) is 1. The molecule has 0 aromatic heterocycles. The molecule has 0 unspecified atom stereocenters. The Hall–Kier alpha value is -1.26. The molecule has 0 radical (unpaired) electrons. The summed E-state index contributed by atoms with van der Waals surface area (Å²) in [5, 5.41) is 12.8. The molecular weight excluding hydrogens is 290 g/mol. The molecule has 1 amide bonds. The summed E-state index contributed by atoms with van der Waals surface area (Å²) in [7, 11) is 0. The van der Waals surface area contributed by atoms with Crippen LogP contribution in [0.1, 0.15) is 39.2 Å². The van der Waals surface area contributed by atoms with Crippen LogP contribution in [-0.2, 0) is 11.2 Å². The van der Waals surface area contributed by atoms with Gasteiger partial charge >= 0.3 is 6.09 Å². The van der Waals surface area contributed by atoms with Crippen molar-refractivity contribution in [2.24, 2.45) is 5.41 Å². The molecule has 1 saturated carbocycles. The van der Waals surface area contributed by atoms with Crippen molar-refractivity contribution in [3.05, 3.63) is 28.8 Å². The Bertz CT molecular complexity index is 533. The lowest BCUT2D eigenvalue weighted by atomic mass is 9.97. The van der Waals surface area contributed by atoms with E-state index in [-0.39, 0.29) is 12.0 Å². The number of carbonyl (C=O) groups is 1. The first-order valence-corrected chi connectivity index (χ1v) is 7.50. The van der Waals surface area contributed by atoms with Crippen LogP contribution in [-0.4, -0.2) is 23.4 Å². The van der Waals surface area contributed by atoms with Crippen LogP contribution in [0.3, 0.4) is 0 Å². The van der Waals surface area contributed by atoms with Crippen molar-refractivity contribution < 1.29 is 14.6 Å². The maximum Gasteiger partial charge on any atom is 0.412 e. The van der Waals surface area contributed by atoms with Gasteiger partial charge < -0.3 is 9.84 Å². The minimum atomic E-state index is -0.533. The molecule has 0 bridgehead atoms. The van der Waals surface area contributed by atoms with Gasteiger partial charge in [-0.25, -0.2) is 4.79 Å². The van der Waals surface area contributed by atoms with E-state index in [0.29, 0.717) is 10.7 Å². The Kier molecular flexibility index (Phi) is 4.49. The molecule has 0 aliphatic heterocycles. The monoisotopic (exact) mass is 311 g/mol. The Morgan fingerprint density at radius 1 is 1.43 bits per heavy atom. The van der Waals surface area contributed by atoms with Crippen molar-refractivity contribution in [3.63, 3.8) is 0 Å². The van der Waals surface area contributed by atoms with E-state index in [2.05, 4.69) is 5.32 Å². The fourth-order valence-corrected chi connectivity index (χ4v) is 2.37. The first kappa shape index (κ1) is 16.1. The van der Waals surface area contributed by atoms with E-state index < -0.39 is 11.7 Å². The highest BCUT2D eigenvalue weighted by Gasteiger charge is 2.42. The summed E-state index contributed by atoms with van der Waals surface area (Å²) in [6, 6.07) is 5.35. The molecule has 1 aliphatic carbocycles. The molecule has 0 saturated heterocycles. The number of aliphatic hydroxyl groups excluding tert-OH is 1. The number of anilines is 1. The van der Waals surface area contributed by atoms with Crippen LogP contribution in [0, 0.1) is 5.41 Å². The van der Waals surface area contributed by atoms with Crippen molar-refractivity contribution in [1.29, 1.82) is 0 Å². The predicted octanol–water partition coefficient (Wildman–Crippen LogP) is 4.00. The fraction of sp³-hybridized carbons (Fsp3) is 0.562. The normalized spacial score (nSPS) is 16.4. The van der Waals surface area contributed by atoms with E-state index in [0.717, 1.165) is 24.8 Å². The molecule has 2 rings (SSSR count). The van der Waals surface area contributed by atoms with E-state index in [4.69, 9.17) is 16.3 Å². The second kappa shape index (κ2) is 5.85. The van der Waals surface area contributed by atoms with Gasteiger partial charge in [0.05, 0.1) is 0 Å². The quantitative estimate of drug-likeness (QED) is 0.883. The van der Waals surface area contributed by atoms with Gasteiger partial charge in [0.2, 0.25) is 0 Å². The molecule has 2 N–H and O–H groups in total. The number of carbonyl (C=O) groups excluding carboxylic acids is 1. The zero-order chi connectivity index (χ0) is 15.7. The van der Waals surface area contributed by atoms with Gasteiger partial charge in [-0.05, 0) is 69.2 Å². The molecule has 21 heavy (non-hydrogen) atoms. The Morgan fingerprint density at radius 2 is 2.10 bits per heavy atom. The maximum atomic E-state index is 11.8. The third kappa shape index (κ3) is 4.61. The van der Waals surface area contributed by atoms with E-state index in [1.807, 2.05) is 26.8 Å². The maximum absolute atomic E-state index is 11.8. The molecule has 4 nitrogen and oxygen atoms in total. The molecule has 116 valence electrons. The van der Waals surface area contributed by atoms with Crippen LogP contribution in [0.4, 0.5) is 10.5 Å². The first-order chi connectivity index (χ1) is 9.73. The van der Waals surface area contributed by atoms with Crippen LogP contribution < -0.4 is 5.32 Å².